The van der Waals surface area contributed by atoms with Crippen molar-refractivity contribution in [2.45, 2.75) is 25.8 Å². The summed E-state index contributed by atoms with van der Waals surface area (Å²) < 4.78 is 0. The number of hydrogen-bond acceptors (Lipinski definition) is 4. The fourth-order valence-corrected chi connectivity index (χ4v) is 3.28. The van der Waals surface area contributed by atoms with Crippen molar-refractivity contribution in [1.29, 1.82) is 0 Å². The number of carbonyl (C=O) groups excluding carboxylic acids is 1. The minimum Gasteiger partial charge on any atom is -0.396 e. The van der Waals surface area contributed by atoms with E-state index in [0.29, 0.717) is 12.5 Å². The summed E-state index contributed by atoms with van der Waals surface area (Å²) in [6.07, 6.45) is 2.14. The fraction of sp³-hybridized carbons (Fsp3) is 0.643. The Morgan fingerprint density at radius 1 is 1.68 bits per heavy atom. The molecule has 0 bridgehead atoms. The van der Waals surface area contributed by atoms with Crippen LogP contribution in [0.15, 0.2) is 17.5 Å². The third kappa shape index (κ3) is 4.30. The van der Waals surface area contributed by atoms with Crippen molar-refractivity contribution in [2.24, 2.45) is 5.92 Å². The fourth-order valence-electron chi connectivity index (χ4n) is 2.54. The smallest absolute Gasteiger partial charge is 0.234 e. The van der Waals surface area contributed by atoms with E-state index in [2.05, 4.69) is 10.2 Å². The van der Waals surface area contributed by atoms with Crippen molar-refractivity contribution in [1.82, 2.24) is 10.2 Å². The largest absolute Gasteiger partial charge is 0.396 e. The molecule has 2 N–H and O–H groups in total. The molecule has 0 saturated carbocycles. The van der Waals surface area contributed by atoms with Crippen LogP contribution in [0.1, 0.15) is 30.7 Å². The molecule has 1 amide bonds. The molecule has 2 atom stereocenters. The molecule has 2 rings (SSSR count). The van der Waals surface area contributed by atoms with Crippen LogP contribution in [-0.4, -0.2) is 42.2 Å². The Labute approximate surface area is 118 Å². The molecule has 1 aromatic rings. The van der Waals surface area contributed by atoms with Crippen LogP contribution in [0.2, 0.25) is 0 Å². The monoisotopic (exact) mass is 282 g/mol. The minimum absolute atomic E-state index is 0.0690. The van der Waals surface area contributed by atoms with Gasteiger partial charge in [0.25, 0.3) is 0 Å². The number of nitrogens with one attached hydrogen (secondary N) is 1. The Hall–Kier alpha value is -0.910. The summed E-state index contributed by atoms with van der Waals surface area (Å²) in [5, 5.41) is 14.2. The number of nitrogens with zero attached hydrogens (tertiary/aromatic N) is 1. The van der Waals surface area contributed by atoms with E-state index < -0.39 is 0 Å². The number of piperidine rings is 1. The first kappa shape index (κ1) is 14.5. The van der Waals surface area contributed by atoms with Gasteiger partial charge in [-0.25, -0.2) is 0 Å². The summed E-state index contributed by atoms with van der Waals surface area (Å²) >= 11 is 1.66. The van der Waals surface area contributed by atoms with Gasteiger partial charge >= 0.3 is 0 Å². The summed E-state index contributed by atoms with van der Waals surface area (Å²) in [6, 6.07) is 4.11. The summed E-state index contributed by atoms with van der Waals surface area (Å²) in [4.78, 5) is 15.3. The van der Waals surface area contributed by atoms with Crippen molar-refractivity contribution in [3.63, 3.8) is 0 Å². The first-order chi connectivity index (χ1) is 9.19. The van der Waals surface area contributed by atoms with Crippen molar-refractivity contribution in [3.8, 4) is 0 Å². The number of aliphatic hydroxyl groups excluding tert-OH is 1. The van der Waals surface area contributed by atoms with Gasteiger partial charge in [0.2, 0.25) is 5.91 Å². The lowest BCUT2D eigenvalue weighted by Crippen LogP contribution is -2.43. The zero-order chi connectivity index (χ0) is 13.7. The molecule has 1 aliphatic rings. The van der Waals surface area contributed by atoms with E-state index in [1.165, 1.54) is 4.88 Å². The topological polar surface area (TPSA) is 52.6 Å². The zero-order valence-electron chi connectivity index (χ0n) is 11.3. The Morgan fingerprint density at radius 3 is 3.21 bits per heavy atom. The van der Waals surface area contributed by atoms with Crippen molar-refractivity contribution >= 4 is 17.2 Å². The Morgan fingerprint density at radius 2 is 2.53 bits per heavy atom. The first-order valence-electron chi connectivity index (χ1n) is 6.85. The normalized spacial score (nSPS) is 22.1. The van der Waals surface area contributed by atoms with E-state index in [1.54, 1.807) is 11.3 Å². The van der Waals surface area contributed by atoms with Crippen LogP contribution in [-0.2, 0) is 4.79 Å². The Balaban J connectivity index is 1.77. The number of amides is 1. The van der Waals surface area contributed by atoms with Crippen LogP contribution in [0.5, 0.6) is 0 Å². The van der Waals surface area contributed by atoms with Crippen LogP contribution >= 0.6 is 11.3 Å². The van der Waals surface area contributed by atoms with E-state index in [1.807, 2.05) is 24.4 Å². The maximum atomic E-state index is 12.0. The Kier molecular flexibility index (Phi) is 5.36. The van der Waals surface area contributed by atoms with Gasteiger partial charge in [0, 0.05) is 18.0 Å². The SMILES string of the molecule is C[C@H](NC(=O)CN1CCC[C@H](CO)C1)c1cccs1. The van der Waals surface area contributed by atoms with Gasteiger partial charge in [0.05, 0.1) is 12.6 Å². The van der Waals surface area contributed by atoms with Gasteiger partial charge in [-0.3, -0.25) is 9.69 Å². The molecular weight excluding hydrogens is 260 g/mol. The molecule has 2 heterocycles. The van der Waals surface area contributed by atoms with E-state index in [-0.39, 0.29) is 18.6 Å². The molecule has 5 heteroatoms. The van der Waals surface area contributed by atoms with Gasteiger partial charge in [-0.05, 0) is 43.7 Å². The molecule has 106 valence electrons. The van der Waals surface area contributed by atoms with Gasteiger partial charge in [0.15, 0.2) is 0 Å². The van der Waals surface area contributed by atoms with Gasteiger partial charge < -0.3 is 10.4 Å². The maximum Gasteiger partial charge on any atom is 0.234 e. The van der Waals surface area contributed by atoms with Gasteiger partial charge in [-0.15, -0.1) is 11.3 Å². The van der Waals surface area contributed by atoms with Crippen molar-refractivity contribution in [2.75, 3.05) is 26.2 Å². The summed E-state index contributed by atoms with van der Waals surface area (Å²) in [6.45, 7) is 4.46. The minimum atomic E-state index is 0.0690. The van der Waals surface area contributed by atoms with Crippen molar-refractivity contribution in [3.05, 3.63) is 22.4 Å². The Bertz CT molecular complexity index is 394. The first-order valence-corrected chi connectivity index (χ1v) is 7.73. The molecule has 0 radical (unpaired) electrons. The van der Waals surface area contributed by atoms with Gasteiger partial charge in [0.1, 0.15) is 0 Å². The molecule has 0 aliphatic carbocycles. The van der Waals surface area contributed by atoms with Crippen LogP contribution in [0.4, 0.5) is 0 Å². The molecule has 1 aliphatic heterocycles. The highest BCUT2D eigenvalue weighted by molar-refractivity contribution is 7.10. The van der Waals surface area contributed by atoms with Crippen LogP contribution in [0.3, 0.4) is 0 Å². The second-order valence-corrected chi connectivity index (χ2v) is 6.21. The lowest BCUT2D eigenvalue weighted by Gasteiger charge is -2.31. The maximum absolute atomic E-state index is 12.0. The molecule has 1 fully saturated rings. The van der Waals surface area contributed by atoms with Gasteiger partial charge in [-0.2, -0.15) is 0 Å². The van der Waals surface area contributed by atoms with E-state index in [9.17, 15) is 9.90 Å². The van der Waals surface area contributed by atoms with Gasteiger partial charge in [-0.1, -0.05) is 6.07 Å². The summed E-state index contributed by atoms with van der Waals surface area (Å²) in [7, 11) is 0. The highest BCUT2D eigenvalue weighted by atomic mass is 32.1. The zero-order valence-corrected chi connectivity index (χ0v) is 12.2. The third-order valence-corrected chi connectivity index (χ3v) is 4.63. The standard InChI is InChI=1S/C14H22N2O2S/c1-11(13-5-3-7-19-13)15-14(18)9-16-6-2-4-12(8-16)10-17/h3,5,7,11-12,17H,2,4,6,8-10H2,1H3,(H,15,18)/t11-,12-/m0/s1. The number of aliphatic hydroxyl groups is 1. The second-order valence-electron chi connectivity index (χ2n) is 5.23. The quantitative estimate of drug-likeness (QED) is 0.863. The molecular formula is C14H22N2O2S. The second kappa shape index (κ2) is 7.03. The summed E-state index contributed by atoms with van der Waals surface area (Å²) in [5.41, 5.74) is 0. The summed E-state index contributed by atoms with van der Waals surface area (Å²) in [5.74, 6) is 0.399. The molecule has 1 aromatic heterocycles. The molecule has 1 saturated heterocycles. The number of thiophene rings is 1. The van der Waals surface area contributed by atoms with E-state index in [4.69, 9.17) is 0 Å². The van der Waals surface area contributed by atoms with Crippen LogP contribution in [0, 0.1) is 5.92 Å². The predicted molar refractivity (Wildman–Crippen MR) is 77.1 cm³/mol. The van der Waals surface area contributed by atoms with Crippen LogP contribution in [0.25, 0.3) is 0 Å². The number of carbonyl (C=O) groups is 1. The van der Waals surface area contributed by atoms with E-state index in [0.717, 1.165) is 25.9 Å². The highest BCUT2D eigenvalue weighted by Crippen LogP contribution is 2.18. The molecule has 0 aromatic carbocycles. The average molecular weight is 282 g/mol. The molecule has 19 heavy (non-hydrogen) atoms. The average Bonchev–Trinajstić information content (AvgIpc) is 2.92. The van der Waals surface area contributed by atoms with Crippen molar-refractivity contribution < 1.29 is 9.90 Å². The predicted octanol–water partition coefficient (Wildman–Crippen LogP) is 1.63. The highest BCUT2D eigenvalue weighted by Gasteiger charge is 2.21. The lowest BCUT2D eigenvalue weighted by atomic mass is 9.99. The lowest BCUT2D eigenvalue weighted by molar-refractivity contribution is -0.123. The molecule has 4 nitrogen and oxygen atoms in total. The molecule has 0 spiro atoms. The van der Waals surface area contributed by atoms with E-state index >= 15 is 0 Å². The van der Waals surface area contributed by atoms with Crippen LogP contribution < -0.4 is 5.32 Å². The molecule has 0 unspecified atom stereocenters. The number of rotatable bonds is 5. The third-order valence-electron chi connectivity index (χ3n) is 3.58. The number of hydrogen-bond donors (Lipinski definition) is 2. The number of likely N-dealkylation sites (tertiary alicyclic amines) is 1.